The van der Waals surface area contributed by atoms with Crippen molar-refractivity contribution in [3.05, 3.63) is 35.9 Å². The topological polar surface area (TPSA) is 62.7 Å². The fourth-order valence-electron chi connectivity index (χ4n) is 4.08. The van der Waals surface area contributed by atoms with Gasteiger partial charge in [-0.15, -0.1) is 0 Å². The number of para-hydroxylation sites is 1. The second-order valence-corrected chi connectivity index (χ2v) is 6.87. The number of H-pyrrole nitrogens is 1. The Morgan fingerprint density at radius 2 is 2.08 bits per heavy atom. The molecule has 0 aliphatic heterocycles. The quantitative estimate of drug-likeness (QED) is 0.737. The van der Waals surface area contributed by atoms with E-state index in [9.17, 15) is 4.79 Å². The smallest absolute Gasteiger partial charge is 0.228 e. The predicted octanol–water partition coefficient (Wildman–Crippen LogP) is 4.49. The fraction of sp³-hybridized carbons (Fsp3) is 0.400. The number of aryl methyl sites for hydroxylation is 2. The molecule has 1 fully saturated rings. The van der Waals surface area contributed by atoms with Crippen LogP contribution in [0.2, 0.25) is 0 Å². The Morgan fingerprint density at radius 3 is 2.84 bits per heavy atom. The molecule has 1 amide bonds. The molecule has 4 rings (SSSR count). The lowest BCUT2D eigenvalue weighted by atomic mass is 10.1. The number of hydrogen-bond donors (Lipinski definition) is 2. The Labute approximate surface area is 147 Å². The third-order valence-electron chi connectivity index (χ3n) is 5.35. The van der Waals surface area contributed by atoms with Crippen LogP contribution in [0.3, 0.4) is 0 Å². The van der Waals surface area contributed by atoms with Crippen LogP contribution < -0.4 is 5.32 Å². The molecule has 2 N–H and O–H groups in total. The minimum atomic E-state index is 0.100. The van der Waals surface area contributed by atoms with Crippen molar-refractivity contribution < 1.29 is 4.79 Å². The SMILES string of the molecule is CCn1c(-c2cc(NC(=O)C3CCCC3)n[nH]2)c(C)c2ccccc21. The van der Waals surface area contributed by atoms with Crippen molar-refractivity contribution in [3.8, 4) is 11.4 Å². The van der Waals surface area contributed by atoms with Crippen LogP contribution in [-0.2, 0) is 11.3 Å². The molecule has 130 valence electrons. The van der Waals surface area contributed by atoms with E-state index in [0.717, 1.165) is 43.6 Å². The van der Waals surface area contributed by atoms with Gasteiger partial charge in [0.25, 0.3) is 0 Å². The van der Waals surface area contributed by atoms with Crippen molar-refractivity contribution in [2.45, 2.75) is 46.1 Å². The second-order valence-electron chi connectivity index (χ2n) is 6.87. The lowest BCUT2D eigenvalue weighted by molar-refractivity contribution is -0.119. The van der Waals surface area contributed by atoms with Crippen molar-refractivity contribution in [2.75, 3.05) is 5.32 Å². The van der Waals surface area contributed by atoms with E-state index in [0.29, 0.717) is 5.82 Å². The number of aromatic nitrogens is 3. The van der Waals surface area contributed by atoms with E-state index >= 15 is 0 Å². The highest BCUT2D eigenvalue weighted by Crippen LogP contribution is 2.33. The number of fused-ring (bicyclic) bond motifs is 1. The van der Waals surface area contributed by atoms with Crippen molar-refractivity contribution in [1.82, 2.24) is 14.8 Å². The van der Waals surface area contributed by atoms with E-state index in [2.05, 4.69) is 58.2 Å². The molecular weight excluding hydrogens is 312 g/mol. The molecule has 1 saturated carbocycles. The van der Waals surface area contributed by atoms with Crippen LogP contribution in [0.5, 0.6) is 0 Å². The third kappa shape index (κ3) is 2.73. The number of benzene rings is 1. The highest BCUT2D eigenvalue weighted by molar-refractivity contribution is 5.94. The Balaban J connectivity index is 1.67. The summed E-state index contributed by atoms with van der Waals surface area (Å²) in [6.45, 7) is 5.17. The fourth-order valence-corrected chi connectivity index (χ4v) is 4.08. The highest BCUT2D eigenvalue weighted by atomic mass is 16.2. The first-order valence-electron chi connectivity index (χ1n) is 9.13. The second kappa shape index (κ2) is 6.39. The molecule has 0 saturated heterocycles. The van der Waals surface area contributed by atoms with E-state index in [1.165, 1.54) is 16.5 Å². The molecule has 25 heavy (non-hydrogen) atoms. The standard InChI is InChI=1S/C20H24N4O/c1-3-24-17-11-7-6-10-15(17)13(2)19(24)16-12-18(23-22-16)21-20(25)14-8-4-5-9-14/h6-7,10-12,14H,3-5,8-9H2,1-2H3,(H2,21,22,23,25). The zero-order valence-electron chi connectivity index (χ0n) is 14.8. The van der Waals surface area contributed by atoms with Gasteiger partial charge < -0.3 is 9.88 Å². The zero-order valence-corrected chi connectivity index (χ0v) is 14.8. The Morgan fingerprint density at radius 1 is 1.32 bits per heavy atom. The normalized spacial score (nSPS) is 15.1. The molecular formula is C20H24N4O. The van der Waals surface area contributed by atoms with Crippen LogP contribution in [0.25, 0.3) is 22.3 Å². The van der Waals surface area contributed by atoms with Gasteiger partial charge in [0.05, 0.1) is 11.4 Å². The highest BCUT2D eigenvalue weighted by Gasteiger charge is 2.23. The summed E-state index contributed by atoms with van der Waals surface area (Å²) in [5.74, 6) is 0.853. The average molecular weight is 336 g/mol. The summed E-state index contributed by atoms with van der Waals surface area (Å²) in [5, 5.41) is 11.7. The predicted molar refractivity (Wildman–Crippen MR) is 101 cm³/mol. The van der Waals surface area contributed by atoms with Crippen LogP contribution in [0.4, 0.5) is 5.82 Å². The number of hydrogen-bond acceptors (Lipinski definition) is 2. The van der Waals surface area contributed by atoms with E-state index in [4.69, 9.17) is 0 Å². The van der Waals surface area contributed by atoms with E-state index in [1.807, 2.05) is 6.07 Å². The Bertz CT molecular complexity index is 915. The zero-order chi connectivity index (χ0) is 17.4. The minimum absolute atomic E-state index is 0.100. The summed E-state index contributed by atoms with van der Waals surface area (Å²) >= 11 is 0. The lowest BCUT2D eigenvalue weighted by Gasteiger charge is -2.08. The molecule has 5 nitrogen and oxygen atoms in total. The van der Waals surface area contributed by atoms with Gasteiger partial charge >= 0.3 is 0 Å². The van der Waals surface area contributed by atoms with Crippen molar-refractivity contribution in [2.24, 2.45) is 5.92 Å². The van der Waals surface area contributed by atoms with Gasteiger partial charge in [-0.25, -0.2) is 0 Å². The molecule has 3 aromatic rings. The number of carbonyl (C=O) groups is 1. The van der Waals surface area contributed by atoms with E-state index in [-0.39, 0.29) is 11.8 Å². The molecule has 2 aromatic heterocycles. The van der Waals surface area contributed by atoms with E-state index in [1.54, 1.807) is 0 Å². The Hall–Kier alpha value is -2.56. The first-order chi connectivity index (χ1) is 12.2. The molecule has 2 heterocycles. The molecule has 1 aliphatic carbocycles. The first-order valence-corrected chi connectivity index (χ1v) is 9.13. The summed E-state index contributed by atoms with van der Waals surface area (Å²) in [4.78, 5) is 12.3. The van der Waals surface area contributed by atoms with Gasteiger partial charge in [-0.2, -0.15) is 5.10 Å². The molecule has 0 radical (unpaired) electrons. The molecule has 0 unspecified atom stereocenters. The number of nitrogens with one attached hydrogen (secondary N) is 2. The number of anilines is 1. The summed E-state index contributed by atoms with van der Waals surface area (Å²) in [7, 11) is 0. The first kappa shape index (κ1) is 15.9. The van der Waals surface area contributed by atoms with Crippen LogP contribution in [0.15, 0.2) is 30.3 Å². The largest absolute Gasteiger partial charge is 0.339 e. The monoisotopic (exact) mass is 336 g/mol. The number of aromatic amines is 1. The summed E-state index contributed by atoms with van der Waals surface area (Å²) in [6.07, 6.45) is 4.29. The summed E-state index contributed by atoms with van der Waals surface area (Å²) in [6, 6.07) is 10.4. The molecule has 1 aliphatic rings. The van der Waals surface area contributed by atoms with Crippen molar-refractivity contribution >= 4 is 22.6 Å². The maximum atomic E-state index is 12.3. The van der Waals surface area contributed by atoms with Gasteiger partial charge in [0, 0.05) is 29.4 Å². The average Bonchev–Trinajstić information content (AvgIpc) is 3.35. The van der Waals surface area contributed by atoms with Crippen LogP contribution >= 0.6 is 0 Å². The molecule has 0 spiro atoms. The molecule has 0 atom stereocenters. The van der Waals surface area contributed by atoms with Gasteiger partial charge in [-0.05, 0) is 38.3 Å². The number of carbonyl (C=O) groups excluding carboxylic acids is 1. The third-order valence-corrected chi connectivity index (χ3v) is 5.35. The number of rotatable bonds is 4. The molecule has 0 bridgehead atoms. The van der Waals surface area contributed by atoms with E-state index < -0.39 is 0 Å². The number of nitrogens with zero attached hydrogens (tertiary/aromatic N) is 2. The maximum absolute atomic E-state index is 12.3. The van der Waals surface area contributed by atoms with Gasteiger partial charge in [-0.1, -0.05) is 31.0 Å². The lowest BCUT2D eigenvalue weighted by Crippen LogP contribution is -2.20. The van der Waals surface area contributed by atoms with Crippen molar-refractivity contribution in [3.63, 3.8) is 0 Å². The molecule has 5 heteroatoms. The van der Waals surface area contributed by atoms with Gasteiger partial charge in [0.15, 0.2) is 5.82 Å². The van der Waals surface area contributed by atoms with Gasteiger partial charge in [0.2, 0.25) is 5.91 Å². The summed E-state index contributed by atoms with van der Waals surface area (Å²) < 4.78 is 2.29. The van der Waals surface area contributed by atoms with Crippen molar-refractivity contribution in [1.29, 1.82) is 0 Å². The van der Waals surface area contributed by atoms with Crippen LogP contribution in [0, 0.1) is 12.8 Å². The summed E-state index contributed by atoms with van der Waals surface area (Å²) in [5.41, 5.74) is 4.54. The Kier molecular flexibility index (Phi) is 4.07. The van der Waals surface area contributed by atoms with Gasteiger partial charge in [0.1, 0.15) is 0 Å². The maximum Gasteiger partial charge on any atom is 0.228 e. The van der Waals surface area contributed by atoms with Gasteiger partial charge in [-0.3, -0.25) is 9.89 Å². The minimum Gasteiger partial charge on any atom is -0.339 e. The molecule has 1 aromatic carbocycles. The number of amides is 1. The van der Waals surface area contributed by atoms with Crippen LogP contribution in [0.1, 0.15) is 38.2 Å². The van der Waals surface area contributed by atoms with Crippen LogP contribution in [-0.4, -0.2) is 20.7 Å².